The van der Waals surface area contributed by atoms with E-state index in [1.165, 1.54) is 6.20 Å². The summed E-state index contributed by atoms with van der Waals surface area (Å²) in [7, 11) is 0. The molecule has 2 aliphatic heterocycles. The van der Waals surface area contributed by atoms with Gasteiger partial charge in [0.1, 0.15) is 11.5 Å². The van der Waals surface area contributed by atoms with Gasteiger partial charge in [0, 0.05) is 6.20 Å². The minimum absolute atomic E-state index is 0.389. The minimum Gasteiger partial charge on any atom is -0.427 e. The topological polar surface area (TPSA) is 50.9 Å². The Balaban J connectivity index is 2.82. The highest BCUT2D eigenvalue weighted by Gasteiger charge is 2.15. The van der Waals surface area contributed by atoms with E-state index >= 15 is 0 Å². The molecule has 62 valence electrons. The SMILES string of the molecule is Cc1nc2c(Cl)ccn(O)c-2n1. The average Bonchev–Trinajstić information content (AvgIpc) is 2.41. The minimum atomic E-state index is 0.389. The molecular formula is C7H6ClN3O. The number of nitrogens with zero attached hydrogens (tertiary/aromatic N) is 3. The second-order valence-electron chi connectivity index (χ2n) is 2.45. The third-order valence-electron chi connectivity index (χ3n) is 1.56. The number of imidazole rings is 1. The first-order valence-electron chi connectivity index (χ1n) is 3.39. The Morgan fingerprint density at radius 1 is 1.50 bits per heavy atom. The largest absolute Gasteiger partial charge is 0.427 e. The molecule has 0 aliphatic carbocycles. The zero-order valence-electron chi connectivity index (χ0n) is 6.32. The second kappa shape index (κ2) is 2.35. The number of aryl methyl sites for hydroxylation is 1. The van der Waals surface area contributed by atoms with E-state index in [1.54, 1.807) is 13.0 Å². The monoisotopic (exact) mass is 183 g/mol. The molecule has 0 saturated carbocycles. The summed E-state index contributed by atoms with van der Waals surface area (Å²) in [6.45, 7) is 1.75. The van der Waals surface area contributed by atoms with E-state index in [2.05, 4.69) is 9.97 Å². The average molecular weight is 184 g/mol. The molecule has 0 spiro atoms. The molecule has 5 heteroatoms. The molecule has 2 rings (SSSR count). The lowest BCUT2D eigenvalue weighted by Crippen LogP contribution is -1.98. The van der Waals surface area contributed by atoms with Crippen LogP contribution in [0.3, 0.4) is 0 Å². The summed E-state index contributed by atoms with van der Waals surface area (Å²) in [5, 5.41) is 9.76. The smallest absolute Gasteiger partial charge is 0.197 e. The van der Waals surface area contributed by atoms with Crippen molar-refractivity contribution >= 4 is 11.6 Å². The Labute approximate surface area is 73.7 Å². The van der Waals surface area contributed by atoms with Crippen molar-refractivity contribution in [3.63, 3.8) is 0 Å². The first-order chi connectivity index (χ1) is 5.68. The van der Waals surface area contributed by atoms with Crippen LogP contribution in [0.5, 0.6) is 0 Å². The Morgan fingerprint density at radius 3 is 2.92 bits per heavy atom. The van der Waals surface area contributed by atoms with Crippen LogP contribution < -0.4 is 0 Å². The maximum Gasteiger partial charge on any atom is 0.197 e. The number of aromatic nitrogens is 3. The van der Waals surface area contributed by atoms with Crippen molar-refractivity contribution in [3.05, 3.63) is 23.1 Å². The molecule has 0 aromatic carbocycles. The third-order valence-corrected chi connectivity index (χ3v) is 1.86. The van der Waals surface area contributed by atoms with E-state index in [0.717, 1.165) is 4.73 Å². The van der Waals surface area contributed by atoms with Gasteiger partial charge in [-0.2, -0.15) is 4.73 Å². The summed E-state index contributed by atoms with van der Waals surface area (Å²) < 4.78 is 0.904. The number of rotatable bonds is 0. The maximum atomic E-state index is 9.26. The van der Waals surface area contributed by atoms with Gasteiger partial charge >= 0.3 is 0 Å². The zero-order valence-corrected chi connectivity index (χ0v) is 7.08. The number of hydrogen-bond donors (Lipinski definition) is 1. The first kappa shape index (κ1) is 7.36. The Morgan fingerprint density at radius 2 is 2.25 bits per heavy atom. The van der Waals surface area contributed by atoms with Crippen molar-refractivity contribution < 1.29 is 5.21 Å². The fraction of sp³-hybridized carbons (Fsp3) is 0.143. The van der Waals surface area contributed by atoms with Gasteiger partial charge in [-0.25, -0.2) is 9.97 Å². The van der Waals surface area contributed by atoms with Crippen LogP contribution in [0, 0.1) is 6.92 Å². The zero-order chi connectivity index (χ0) is 8.72. The highest BCUT2D eigenvalue weighted by Crippen LogP contribution is 2.25. The van der Waals surface area contributed by atoms with Crippen molar-refractivity contribution in [1.29, 1.82) is 0 Å². The van der Waals surface area contributed by atoms with E-state index in [0.29, 0.717) is 22.4 Å². The summed E-state index contributed by atoms with van der Waals surface area (Å²) >= 11 is 5.82. The van der Waals surface area contributed by atoms with E-state index < -0.39 is 0 Å². The molecule has 0 amide bonds. The molecule has 0 atom stereocenters. The molecule has 0 bridgehead atoms. The maximum absolute atomic E-state index is 9.26. The van der Waals surface area contributed by atoms with Gasteiger partial charge in [-0.1, -0.05) is 11.6 Å². The summed E-state index contributed by atoms with van der Waals surface area (Å²) in [4.78, 5) is 8.04. The van der Waals surface area contributed by atoms with Gasteiger partial charge in [-0.15, -0.1) is 0 Å². The highest BCUT2D eigenvalue weighted by molar-refractivity contribution is 6.32. The quantitative estimate of drug-likeness (QED) is 0.631. The molecule has 12 heavy (non-hydrogen) atoms. The molecule has 0 aromatic rings. The molecule has 4 nitrogen and oxygen atoms in total. The van der Waals surface area contributed by atoms with E-state index in [-0.39, 0.29) is 0 Å². The summed E-state index contributed by atoms with van der Waals surface area (Å²) in [5.41, 5.74) is 0.527. The molecule has 2 heterocycles. The van der Waals surface area contributed by atoms with Gasteiger partial charge in [-0.3, -0.25) is 0 Å². The number of pyridine rings is 1. The normalized spacial score (nSPS) is 10.8. The van der Waals surface area contributed by atoms with Crippen LogP contribution in [0.4, 0.5) is 0 Å². The van der Waals surface area contributed by atoms with Gasteiger partial charge in [0.25, 0.3) is 0 Å². The summed E-state index contributed by atoms with van der Waals surface area (Å²) in [6, 6.07) is 1.57. The van der Waals surface area contributed by atoms with Crippen LogP contribution in [0.2, 0.25) is 5.02 Å². The van der Waals surface area contributed by atoms with E-state index in [1.807, 2.05) is 0 Å². The molecule has 0 aromatic heterocycles. The third kappa shape index (κ3) is 0.921. The Kier molecular flexibility index (Phi) is 1.44. The second-order valence-corrected chi connectivity index (χ2v) is 2.86. The number of halogens is 1. The Bertz CT molecular complexity index is 362. The van der Waals surface area contributed by atoms with Gasteiger partial charge in [0.15, 0.2) is 5.82 Å². The standard InChI is InChI=1S/C7H6ClN3O/c1-4-9-6-5(8)2-3-11(12)7(6)10-4/h2-3,12H,1H3. The Hall–Kier alpha value is -1.29. The van der Waals surface area contributed by atoms with Gasteiger partial charge in [0.05, 0.1) is 5.02 Å². The van der Waals surface area contributed by atoms with Crippen molar-refractivity contribution in [2.45, 2.75) is 6.92 Å². The van der Waals surface area contributed by atoms with Gasteiger partial charge < -0.3 is 5.21 Å². The van der Waals surface area contributed by atoms with Crippen molar-refractivity contribution in [2.24, 2.45) is 0 Å². The van der Waals surface area contributed by atoms with Gasteiger partial charge in [-0.05, 0) is 13.0 Å². The van der Waals surface area contributed by atoms with Crippen molar-refractivity contribution in [3.8, 4) is 11.5 Å². The van der Waals surface area contributed by atoms with Crippen LogP contribution in [-0.4, -0.2) is 19.9 Å². The van der Waals surface area contributed by atoms with Crippen LogP contribution in [0.15, 0.2) is 12.3 Å². The fourth-order valence-electron chi connectivity index (χ4n) is 1.05. The molecule has 0 saturated heterocycles. The van der Waals surface area contributed by atoms with Crippen molar-refractivity contribution in [1.82, 2.24) is 14.7 Å². The molecular weight excluding hydrogens is 178 g/mol. The molecule has 1 N–H and O–H groups in total. The summed E-state index contributed by atoms with van der Waals surface area (Å²) in [6.07, 6.45) is 1.43. The first-order valence-corrected chi connectivity index (χ1v) is 3.77. The fourth-order valence-corrected chi connectivity index (χ4v) is 1.23. The summed E-state index contributed by atoms with van der Waals surface area (Å²) in [5.74, 6) is 0.987. The van der Waals surface area contributed by atoms with Crippen molar-refractivity contribution in [2.75, 3.05) is 0 Å². The molecule has 0 unspecified atom stereocenters. The number of hydrogen-bond acceptors (Lipinski definition) is 3. The van der Waals surface area contributed by atoms with E-state index in [9.17, 15) is 5.21 Å². The molecule has 2 aliphatic rings. The lowest BCUT2D eigenvalue weighted by atomic mass is 10.3. The van der Waals surface area contributed by atoms with Gasteiger partial charge in [0.2, 0.25) is 0 Å². The van der Waals surface area contributed by atoms with Crippen LogP contribution in [0.25, 0.3) is 11.5 Å². The lowest BCUT2D eigenvalue weighted by molar-refractivity contribution is 0.186. The van der Waals surface area contributed by atoms with E-state index in [4.69, 9.17) is 11.6 Å². The molecule has 0 radical (unpaired) electrons. The van der Waals surface area contributed by atoms with Crippen LogP contribution in [-0.2, 0) is 0 Å². The predicted molar refractivity (Wildman–Crippen MR) is 43.6 cm³/mol. The van der Waals surface area contributed by atoms with Crippen LogP contribution in [0.1, 0.15) is 5.82 Å². The highest BCUT2D eigenvalue weighted by atomic mass is 35.5. The lowest BCUT2D eigenvalue weighted by Gasteiger charge is -2.02. The molecule has 0 fully saturated rings. The number of fused-ring (bicyclic) bond motifs is 1. The predicted octanol–water partition coefficient (Wildman–Crippen LogP) is 1.58. The van der Waals surface area contributed by atoms with Crippen LogP contribution >= 0.6 is 11.6 Å².